The van der Waals surface area contributed by atoms with E-state index in [0.29, 0.717) is 32.2 Å². The summed E-state index contributed by atoms with van der Waals surface area (Å²) >= 11 is 0.777. The molecule has 15 heteroatoms. The van der Waals surface area contributed by atoms with Crippen LogP contribution in [0, 0.1) is 11.3 Å². The fourth-order valence-corrected chi connectivity index (χ4v) is 8.90. The molecule has 7 rings (SSSR count). The van der Waals surface area contributed by atoms with Crippen molar-refractivity contribution < 1.29 is 31.8 Å². The molecule has 3 N–H and O–H groups in total. The zero-order valence-corrected chi connectivity index (χ0v) is 25.1. The van der Waals surface area contributed by atoms with Crippen LogP contribution in [-0.2, 0) is 23.9 Å². The first-order valence-corrected chi connectivity index (χ1v) is 16.8. The molecule has 10 nitrogen and oxygen atoms in total. The van der Waals surface area contributed by atoms with Crippen LogP contribution in [0.15, 0.2) is 29.3 Å². The minimum Gasteiger partial charge on any atom is -0.377 e. The van der Waals surface area contributed by atoms with Gasteiger partial charge in [0.2, 0.25) is 5.95 Å². The lowest BCUT2D eigenvalue weighted by atomic mass is 9.94. The van der Waals surface area contributed by atoms with Gasteiger partial charge in [0.05, 0.1) is 53.1 Å². The first-order valence-electron chi connectivity index (χ1n) is 14.3. The molecule has 0 bridgehead atoms. The van der Waals surface area contributed by atoms with Gasteiger partial charge >= 0.3 is 6.18 Å². The number of aromatic nitrogens is 2. The minimum atomic E-state index is -4.79. The number of alkyl halides is 3. The molecule has 0 atom stereocenters. The number of hydrogen-bond acceptors (Lipinski definition) is 10. The molecule has 1 aliphatic carbocycles. The maximum Gasteiger partial charge on any atom is 0.420 e. The van der Waals surface area contributed by atoms with Gasteiger partial charge in [-0.05, 0) is 54.0 Å². The standard InChI is InChI=1S/C29H29F3N6O4S2/c30-29(31,32)21-12-34-28(35-22-10-17-3-5-37(6-4-33)13-18(17)9-20(22)16-1-2-16)36-25(21)23-11-24-26(43-23)27(39)38(19-14-42-15-19)7-8-44(24,40)41/h9-12,16,19,40-41H,1-3,5-8,13-15H2,(H,34,35,36). The third-order valence-corrected chi connectivity index (χ3v) is 11.6. The molecule has 3 aliphatic heterocycles. The fourth-order valence-electron chi connectivity index (χ4n) is 5.92. The Balaban J connectivity index is 1.27. The average molecular weight is 647 g/mol. The molecule has 232 valence electrons. The van der Waals surface area contributed by atoms with Crippen molar-refractivity contribution in [2.75, 3.05) is 43.9 Å². The van der Waals surface area contributed by atoms with Crippen LogP contribution >= 0.6 is 21.9 Å². The second-order valence-corrected chi connectivity index (χ2v) is 14.8. The summed E-state index contributed by atoms with van der Waals surface area (Å²) in [6.07, 6.45) is -1.33. The lowest BCUT2D eigenvalue weighted by Crippen LogP contribution is -2.52. The Kier molecular flexibility index (Phi) is 7.34. The van der Waals surface area contributed by atoms with E-state index in [1.165, 1.54) is 11.0 Å². The van der Waals surface area contributed by atoms with Crippen molar-refractivity contribution in [1.29, 1.82) is 5.26 Å². The molecule has 5 heterocycles. The number of nitrogens with one attached hydrogen (secondary N) is 1. The number of anilines is 2. The molecule has 4 aliphatic rings. The van der Waals surface area contributed by atoms with E-state index < -0.39 is 33.9 Å². The molecule has 1 saturated carbocycles. The van der Waals surface area contributed by atoms with Crippen molar-refractivity contribution in [3.8, 4) is 16.6 Å². The molecule has 0 radical (unpaired) electrons. The number of benzene rings is 1. The van der Waals surface area contributed by atoms with Crippen LogP contribution in [-0.4, -0.2) is 79.4 Å². The van der Waals surface area contributed by atoms with Gasteiger partial charge in [-0.2, -0.15) is 29.0 Å². The van der Waals surface area contributed by atoms with Gasteiger partial charge in [-0.3, -0.25) is 18.8 Å². The molecule has 0 spiro atoms. The number of hydrogen-bond donors (Lipinski definition) is 3. The number of carbonyl (C=O) groups excluding carboxylic acids is 1. The van der Waals surface area contributed by atoms with Gasteiger partial charge in [0.1, 0.15) is 10.4 Å². The van der Waals surface area contributed by atoms with E-state index in [-0.39, 0.29) is 38.9 Å². The summed E-state index contributed by atoms with van der Waals surface area (Å²) in [6, 6.07) is 7.37. The van der Waals surface area contributed by atoms with Crippen molar-refractivity contribution in [3.05, 3.63) is 51.5 Å². The Morgan fingerprint density at radius 2 is 1.98 bits per heavy atom. The number of nitrogens with zero attached hydrogens (tertiary/aromatic N) is 5. The van der Waals surface area contributed by atoms with E-state index in [2.05, 4.69) is 32.3 Å². The van der Waals surface area contributed by atoms with Crippen LogP contribution in [0.5, 0.6) is 0 Å². The molecule has 3 aromatic rings. The molecular weight excluding hydrogens is 617 g/mol. The normalized spacial score (nSPS) is 21.1. The van der Waals surface area contributed by atoms with Crippen molar-refractivity contribution in [2.24, 2.45) is 0 Å². The van der Waals surface area contributed by atoms with Crippen molar-refractivity contribution in [2.45, 2.75) is 48.8 Å². The number of nitriles is 1. The number of carbonyl (C=O) groups is 1. The number of ether oxygens (including phenoxy) is 1. The van der Waals surface area contributed by atoms with Crippen LogP contribution in [0.3, 0.4) is 0 Å². The highest BCUT2D eigenvalue weighted by Crippen LogP contribution is 2.56. The van der Waals surface area contributed by atoms with Gasteiger partial charge in [0.25, 0.3) is 5.91 Å². The van der Waals surface area contributed by atoms with Crippen molar-refractivity contribution in [3.63, 3.8) is 0 Å². The predicted octanol–water partition coefficient (Wildman–Crippen LogP) is 5.69. The maximum atomic E-state index is 14.2. The van der Waals surface area contributed by atoms with Gasteiger partial charge in [-0.25, -0.2) is 9.97 Å². The molecule has 1 saturated heterocycles. The average Bonchev–Trinajstić information content (AvgIpc) is 3.70. The van der Waals surface area contributed by atoms with E-state index in [1.54, 1.807) is 0 Å². The summed E-state index contributed by atoms with van der Waals surface area (Å²) in [5, 5.41) is 12.3. The van der Waals surface area contributed by atoms with Gasteiger partial charge in [0.15, 0.2) is 0 Å². The second kappa shape index (κ2) is 11.0. The number of rotatable bonds is 6. The number of fused-ring (bicyclic) bond motifs is 2. The highest BCUT2D eigenvalue weighted by Gasteiger charge is 2.41. The largest absolute Gasteiger partial charge is 0.420 e. The zero-order chi connectivity index (χ0) is 30.8. The van der Waals surface area contributed by atoms with Crippen LogP contribution in [0.1, 0.15) is 50.7 Å². The summed E-state index contributed by atoms with van der Waals surface area (Å²) in [5.41, 5.74) is 2.49. The van der Waals surface area contributed by atoms with Crippen LogP contribution in [0.25, 0.3) is 10.6 Å². The number of thiophene rings is 1. The minimum absolute atomic E-state index is 0.00162. The van der Waals surface area contributed by atoms with Crippen molar-refractivity contribution in [1.82, 2.24) is 19.8 Å². The molecule has 2 aromatic heterocycles. The summed E-state index contributed by atoms with van der Waals surface area (Å²) in [6.45, 7) is 2.50. The molecule has 1 amide bonds. The Bertz CT molecular complexity index is 1680. The first kappa shape index (κ1) is 29.5. The molecular formula is C29H29F3N6O4S2. The quantitative estimate of drug-likeness (QED) is 0.289. The first-order chi connectivity index (χ1) is 21.0. The van der Waals surface area contributed by atoms with Gasteiger partial charge in [-0.1, -0.05) is 6.07 Å². The molecule has 44 heavy (non-hydrogen) atoms. The lowest BCUT2D eigenvalue weighted by molar-refractivity contribution is -0.137. The van der Waals surface area contributed by atoms with E-state index in [0.717, 1.165) is 65.7 Å². The van der Waals surface area contributed by atoms with Gasteiger partial charge in [0, 0.05) is 31.5 Å². The van der Waals surface area contributed by atoms with Crippen LogP contribution in [0.4, 0.5) is 24.8 Å². The van der Waals surface area contributed by atoms with Gasteiger partial charge < -0.3 is 15.0 Å². The summed E-state index contributed by atoms with van der Waals surface area (Å²) in [4.78, 5) is 25.3. The Morgan fingerprint density at radius 3 is 2.66 bits per heavy atom. The SMILES string of the molecule is N#CCN1CCc2cc(Nc3ncc(C(F)(F)F)c(-c4cc5c(s4)C(=O)N(C4COC4)CCS5(O)O)n3)c(C3CC3)cc2C1. The van der Waals surface area contributed by atoms with Crippen LogP contribution < -0.4 is 5.32 Å². The Labute approximate surface area is 256 Å². The molecule has 2 fully saturated rings. The Hall–Kier alpha value is -3.26. The monoisotopic (exact) mass is 646 g/mol. The van der Waals surface area contributed by atoms with Crippen LogP contribution in [0.2, 0.25) is 0 Å². The van der Waals surface area contributed by atoms with Gasteiger partial charge in [-0.15, -0.1) is 11.3 Å². The lowest BCUT2D eigenvalue weighted by Gasteiger charge is -2.37. The third kappa shape index (κ3) is 5.44. The smallest absolute Gasteiger partial charge is 0.377 e. The second-order valence-electron chi connectivity index (χ2n) is 11.5. The van der Waals surface area contributed by atoms with E-state index in [9.17, 15) is 27.1 Å². The maximum absolute atomic E-state index is 14.2. The summed E-state index contributed by atoms with van der Waals surface area (Å²) in [5.74, 6) is -0.292. The summed E-state index contributed by atoms with van der Waals surface area (Å²) < 4.78 is 69.8. The Morgan fingerprint density at radius 1 is 1.18 bits per heavy atom. The van der Waals surface area contributed by atoms with Crippen molar-refractivity contribution >= 4 is 39.5 Å². The number of halogens is 3. The highest BCUT2D eigenvalue weighted by molar-refractivity contribution is 8.24. The molecule has 1 aromatic carbocycles. The topological polar surface area (TPSA) is 135 Å². The predicted molar refractivity (Wildman–Crippen MR) is 158 cm³/mol. The van der Waals surface area contributed by atoms with E-state index in [1.807, 2.05) is 6.07 Å². The third-order valence-electron chi connectivity index (χ3n) is 8.53. The summed E-state index contributed by atoms with van der Waals surface area (Å²) in [7, 11) is -3.44. The highest BCUT2D eigenvalue weighted by atomic mass is 32.3. The zero-order valence-electron chi connectivity index (χ0n) is 23.4. The fraction of sp³-hybridized carbons (Fsp3) is 0.448. The van der Waals surface area contributed by atoms with E-state index >= 15 is 0 Å². The molecule has 0 unspecified atom stereocenters. The number of amides is 1. The van der Waals surface area contributed by atoms with E-state index in [4.69, 9.17) is 10.00 Å².